The van der Waals surface area contributed by atoms with Crippen molar-refractivity contribution in [3.63, 3.8) is 0 Å². The normalized spacial score (nSPS) is 17.4. The average Bonchev–Trinajstić information content (AvgIpc) is 3.50. The summed E-state index contributed by atoms with van der Waals surface area (Å²) in [5, 5.41) is 4.69. The Morgan fingerprint density at radius 1 is 1.03 bits per heavy atom. The largest absolute Gasteiger partial charge is 0.497 e. The van der Waals surface area contributed by atoms with Gasteiger partial charge in [-0.3, -0.25) is 4.98 Å². The van der Waals surface area contributed by atoms with Gasteiger partial charge in [0.05, 0.1) is 31.6 Å². The van der Waals surface area contributed by atoms with E-state index in [2.05, 4.69) is 10.3 Å². The Hall–Kier alpha value is -3.55. The van der Waals surface area contributed by atoms with Gasteiger partial charge in [-0.25, -0.2) is 0 Å². The Kier molecular flexibility index (Phi) is 6.36. The van der Waals surface area contributed by atoms with E-state index in [1.54, 1.807) is 20.4 Å². The SMILES string of the molecule is COc1ccc(N2C(=S)N[C@@H](c3ccccn3)[C@@H]2c2ccc(-c3cccc(Cl)c3C)o2)c(OC)c1. The van der Waals surface area contributed by atoms with Crippen molar-refractivity contribution in [1.29, 1.82) is 0 Å². The number of ether oxygens (including phenoxy) is 2. The van der Waals surface area contributed by atoms with Crippen LogP contribution >= 0.6 is 23.8 Å². The van der Waals surface area contributed by atoms with Crippen molar-refractivity contribution in [2.75, 3.05) is 19.1 Å². The summed E-state index contributed by atoms with van der Waals surface area (Å²) in [5.41, 5.74) is 3.56. The van der Waals surface area contributed by atoms with Crippen molar-refractivity contribution in [3.8, 4) is 22.8 Å². The van der Waals surface area contributed by atoms with Crippen LogP contribution in [0.3, 0.4) is 0 Å². The summed E-state index contributed by atoms with van der Waals surface area (Å²) < 4.78 is 17.6. The van der Waals surface area contributed by atoms with E-state index < -0.39 is 0 Å². The van der Waals surface area contributed by atoms with Crippen LogP contribution in [0.1, 0.15) is 29.1 Å². The molecule has 1 N–H and O–H groups in total. The third-order valence-corrected chi connectivity index (χ3v) is 6.92. The number of benzene rings is 2. The minimum atomic E-state index is -0.312. The Morgan fingerprint density at radius 3 is 2.63 bits per heavy atom. The molecular formula is C27H24ClN3O3S. The molecule has 2 aromatic heterocycles. The van der Waals surface area contributed by atoms with Crippen LogP contribution in [0.25, 0.3) is 11.3 Å². The summed E-state index contributed by atoms with van der Waals surface area (Å²) in [6.45, 7) is 1.98. The van der Waals surface area contributed by atoms with Gasteiger partial charge >= 0.3 is 0 Å². The highest BCUT2D eigenvalue weighted by Gasteiger charge is 2.43. The highest BCUT2D eigenvalue weighted by Crippen LogP contribution is 2.46. The molecule has 1 fully saturated rings. The van der Waals surface area contributed by atoms with Gasteiger partial charge in [0.15, 0.2) is 5.11 Å². The molecule has 0 saturated carbocycles. The molecule has 35 heavy (non-hydrogen) atoms. The van der Waals surface area contributed by atoms with Crippen LogP contribution in [0.15, 0.2) is 77.3 Å². The van der Waals surface area contributed by atoms with E-state index >= 15 is 0 Å². The van der Waals surface area contributed by atoms with E-state index in [1.165, 1.54) is 0 Å². The van der Waals surface area contributed by atoms with Gasteiger partial charge in [0.1, 0.15) is 29.1 Å². The monoisotopic (exact) mass is 505 g/mol. The van der Waals surface area contributed by atoms with Crippen molar-refractivity contribution >= 4 is 34.6 Å². The van der Waals surface area contributed by atoms with Gasteiger partial charge in [0.2, 0.25) is 0 Å². The second-order valence-corrected chi connectivity index (χ2v) is 8.94. The van der Waals surface area contributed by atoms with Crippen LogP contribution < -0.4 is 19.7 Å². The number of furan rings is 1. The number of anilines is 1. The molecular weight excluding hydrogens is 482 g/mol. The highest BCUT2D eigenvalue weighted by molar-refractivity contribution is 7.80. The highest BCUT2D eigenvalue weighted by atomic mass is 35.5. The second kappa shape index (κ2) is 9.60. The molecule has 0 aliphatic carbocycles. The van der Waals surface area contributed by atoms with Crippen molar-refractivity contribution in [2.24, 2.45) is 0 Å². The number of aromatic nitrogens is 1. The maximum absolute atomic E-state index is 6.47. The fourth-order valence-corrected chi connectivity index (χ4v) is 4.93. The zero-order chi connectivity index (χ0) is 24.5. The van der Waals surface area contributed by atoms with Crippen LogP contribution in [-0.2, 0) is 0 Å². The molecule has 1 saturated heterocycles. The molecule has 3 heterocycles. The first-order valence-electron chi connectivity index (χ1n) is 11.1. The minimum Gasteiger partial charge on any atom is -0.497 e. The summed E-state index contributed by atoms with van der Waals surface area (Å²) in [6.07, 6.45) is 1.77. The number of hydrogen-bond donors (Lipinski definition) is 1. The van der Waals surface area contributed by atoms with Gasteiger partial charge < -0.3 is 24.1 Å². The quantitative estimate of drug-likeness (QED) is 0.300. The smallest absolute Gasteiger partial charge is 0.174 e. The van der Waals surface area contributed by atoms with Gasteiger partial charge in [-0.1, -0.05) is 29.8 Å². The van der Waals surface area contributed by atoms with Crippen LogP contribution in [0.2, 0.25) is 5.02 Å². The Morgan fingerprint density at radius 2 is 1.89 bits per heavy atom. The number of hydrogen-bond acceptors (Lipinski definition) is 5. The predicted octanol–water partition coefficient (Wildman–Crippen LogP) is 6.50. The lowest BCUT2D eigenvalue weighted by molar-refractivity contribution is 0.392. The molecule has 0 radical (unpaired) electrons. The number of rotatable bonds is 6. The molecule has 0 bridgehead atoms. The molecule has 6 nitrogen and oxygen atoms in total. The van der Waals surface area contributed by atoms with E-state index in [9.17, 15) is 0 Å². The Bertz CT molecular complexity index is 1380. The van der Waals surface area contributed by atoms with Gasteiger partial charge in [-0.05, 0) is 67.2 Å². The lowest BCUT2D eigenvalue weighted by Gasteiger charge is -2.27. The Labute approximate surface area is 214 Å². The van der Waals surface area contributed by atoms with Crippen LogP contribution in [-0.4, -0.2) is 24.3 Å². The molecule has 8 heteroatoms. The summed E-state index contributed by atoms with van der Waals surface area (Å²) in [7, 11) is 3.25. The van der Waals surface area contributed by atoms with Crippen molar-refractivity contribution < 1.29 is 13.9 Å². The summed E-state index contributed by atoms with van der Waals surface area (Å²) in [4.78, 5) is 6.61. The minimum absolute atomic E-state index is 0.241. The molecule has 0 spiro atoms. The van der Waals surface area contributed by atoms with E-state index in [0.29, 0.717) is 21.6 Å². The van der Waals surface area contributed by atoms with Gasteiger partial charge in [0.25, 0.3) is 0 Å². The van der Waals surface area contributed by atoms with Gasteiger partial charge in [-0.2, -0.15) is 0 Å². The molecule has 1 aliphatic rings. The number of methoxy groups -OCH3 is 2. The molecule has 0 amide bonds. The van der Waals surface area contributed by atoms with E-state index in [0.717, 1.165) is 34.0 Å². The number of pyridine rings is 1. The van der Waals surface area contributed by atoms with E-state index in [-0.39, 0.29) is 12.1 Å². The maximum Gasteiger partial charge on any atom is 0.174 e. The predicted molar refractivity (Wildman–Crippen MR) is 141 cm³/mol. The van der Waals surface area contributed by atoms with E-state index in [4.69, 9.17) is 37.7 Å². The zero-order valence-electron chi connectivity index (χ0n) is 19.5. The van der Waals surface area contributed by atoms with Crippen molar-refractivity contribution in [3.05, 3.63) is 95.0 Å². The zero-order valence-corrected chi connectivity index (χ0v) is 21.1. The van der Waals surface area contributed by atoms with Gasteiger partial charge in [-0.15, -0.1) is 0 Å². The molecule has 4 aromatic rings. The molecule has 2 aromatic carbocycles. The third-order valence-electron chi connectivity index (χ3n) is 6.20. The first-order chi connectivity index (χ1) is 17.0. The Balaban J connectivity index is 1.64. The van der Waals surface area contributed by atoms with Crippen molar-refractivity contribution in [2.45, 2.75) is 19.0 Å². The molecule has 2 atom stereocenters. The van der Waals surface area contributed by atoms with Crippen molar-refractivity contribution in [1.82, 2.24) is 10.3 Å². The number of nitrogens with one attached hydrogen (secondary N) is 1. The van der Waals surface area contributed by atoms with Crippen LogP contribution in [0.5, 0.6) is 11.5 Å². The third kappa shape index (κ3) is 4.22. The topological polar surface area (TPSA) is 59.8 Å². The average molecular weight is 506 g/mol. The number of halogens is 1. The lowest BCUT2D eigenvalue weighted by atomic mass is 10.0. The lowest BCUT2D eigenvalue weighted by Crippen LogP contribution is -2.29. The summed E-state index contributed by atoms with van der Waals surface area (Å²) in [6, 6.07) is 20.7. The van der Waals surface area contributed by atoms with Gasteiger partial charge in [0, 0.05) is 22.8 Å². The second-order valence-electron chi connectivity index (χ2n) is 8.15. The van der Waals surface area contributed by atoms with E-state index in [1.807, 2.05) is 78.6 Å². The standard InChI is InChI=1S/C27H24ClN3O3S/c1-16-18(7-6-8-19(16)28)22-12-13-23(34-22)26-25(20-9-4-5-14-29-20)30-27(35)31(26)21-11-10-17(32-2)15-24(21)33-3/h4-15,25-26H,1-3H3,(H,30,35)/t25-,26-/m0/s1. The first-order valence-corrected chi connectivity index (χ1v) is 11.9. The molecule has 5 rings (SSSR count). The summed E-state index contributed by atoms with van der Waals surface area (Å²) >= 11 is 12.2. The maximum atomic E-state index is 6.47. The molecule has 1 aliphatic heterocycles. The first kappa shape index (κ1) is 23.2. The number of thiocarbonyl (C=S) groups is 1. The van der Waals surface area contributed by atoms with Crippen LogP contribution in [0, 0.1) is 6.92 Å². The number of nitrogens with zero attached hydrogens (tertiary/aromatic N) is 2. The molecule has 178 valence electrons. The fraction of sp³-hybridized carbons (Fsp3) is 0.185. The summed E-state index contributed by atoms with van der Waals surface area (Å²) in [5.74, 6) is 2.80. The molecule has 0 unspecified atom stereocenters. The fourth-order valence-electron chi connectivity index (χ4n) is 4.42. The van der Waals surface area contributed by atoms with Crippen LogP contribution in [0.4, 0.5) is 5.69 Å².